The molecule has 2 fully saturated rings. The second kappa shape index (κ2) is 13.2. The second-order valence-electron chi connectivity index (χ2n) is 10.3. The predicted octanol–water partition coefficient (Wildman–Crippen LogP) is 3.33. The number of benzene rings is 1. The molecule has 1 aromatic rings. The summed E-state index contributed by atoms with van der Waals surface area (Å²) in [4.78, 5) is 45.8. The van der Waals surface area contributed by atoms with Gasteiger partial charge in [-0.2, -0.15) is 0 Å². The Labute approximate surface area is 231 Å². The summed E-state index contributed by atoms with van der Waals surface area (Å²) in [5.74, 6) is 1.08. The van der Waals surface area contributed by atoms with Gasteiger partial charge in [0.05, 0.1) is 32.4 Å². The van der Waals surface area contributed by atoms with Crippen molar-refractivity contribution in [1.29, 1.82) is 0 Å². The van der Waals surface area contributed by atoms with Crippen molar-refractivity contribution in [2.75, 3.05) is 60.1 Å². The number of hydrogen-bond donors (Lipinski definition) is 1. The Hall–Kier alpha value is -3.27. The molecule has 1 saturated carbocycles. The third-order valence-electron chi connectivity index (χ3n) is 7.98. The fraction of sp³-hybridized carbons (Fsp3) is 0.621. The molecule has 214 valence electrons. The highest BCUT2D eigenvalue weighted by Gasteiger charge is 2.40. The van der Waals surface area contributed by atoms with Crippen LogP contribution in [-0.4, -0.2) is 92.7 Å². The molecule has 0 bridgehead atoms. The van der Waals surface area contributed by atoms with Gasteiger partial charge < -0.3 is 24.4 Å². The van der Waals surface area contributed by atoms with Crippen LogP contribution in [-0.2, 0) is 14.3 Å². The zero-order valence-electron chi connectivity index (χ0n) is 23.7. The van der Waals surface area contributed by atoms with Crippen LogP contribution < -0.4 is 14.8 Å². The van der Waals surface area contributed by atoms with Crippen LogP contribution in [0, 0.1) is 5.92 Å². The lowest BCUT2D eigenvalue weighted by atomic mass is 9.93. The molecule has 2 heterocycles. The normalized spacial score (nSPS) is 21.0. The quantitative estimate of drug-likeness (QED) is 0.478. The Balaban J connectivity index is 1.66. The van der Waals surface area contributed by atoms with Crippen molar-refractivity contribution in [3.05, 3.63) is 35.0 Å². The molecule has 1 saturated heterocycles. The van der Waals surface area contributed by atoms with Gasteiger partial charge in [-0.05, 0) is 45.2 Å². The van der Waals surface area contributed by atoms with Gasteiger partial charge in [-0.15, -0.1) is 0 Å². The number of nitrogens with one attached hydrogen (secondary N) is 1. The van der Waals surface area contributed by atoms with Gasteiger partial charge in [-0.1, -0.05) is 12.8 Å². The largest absolute Gasteiger partial charge is 0.497 e. The minimum atomic E-state index is -0.748. The average molecular weight is 543 g/mol. The van der Waals surface area contributed by atoms with Gasteiger partial charge in [-0.25, -0.2) is 9.59 Å². The van der Waals surface area contributed by atoms with Crippen LogP contribution in [0.25, 0.3) is 0 Å². The minimum Gasteiger partial charge on any atom is -0.497 e. The molecule has 2 aliphatic heterocycles. The van der Waals surface area contributed by atoms with E-state index in [9.17, 15) is 14.4 Å². The van der Waals surface area contributed by atoms with E-state index in [1.165, 1.54) is 0 Å². The SMILES string of the molecule is CCOC(=O)C1=C(CN2CCCN(C(=O)C3CCCC3)CC2)N(CC)C(=O)NC1c1ccc(OC)cc1OC. The lowest BCUT2D eigenvalue weighted by molar-refractivity contribution is -0.139. The summed E-state index contributed by atoms with van der Waals surface area (Å²) in [7, 11) is 3.12. The predicted molar refractivity (Wildman–Crippen MR) is 146 cm³/mol. The zero-order chi connectivity index (χ0) is 27.9. The minimum absolute atomic E-state index is 0.160. The van der Waals surface area contributed by atoms with E-state index in [-0.39, 0.29) is 24.5 Å². The Morgan fingerprint density at radius 3 is 2.44 bits per heavy atom. The maximum absolute atomic E-state index is 13.5. The maximum atomic E-state index is 13.5. The fourth-order valence-electron chi connectivity index (χ4n) is 5.94. The molecular weight excluding hydrogens is 500 g/mol. The van der Waals surface area contributed by atoms with Gasteiger partial charge in [-0.3, -0.25) is 14.6 Å². The highest BCUT2D eigenvalue weighted by molar-refractivity contribution is 5.95. The molecule has 10 heteroatoms. The molecule has 0 aromatic heterocycles. The van der Waals surface area contributed by atoms with Crippen LogP contribution in [0.2, 0.25) is 0 Å². The van der Waals surface area contributed by atoms with E-state index in [1.807, 2.05) is 11.8 Å². The van der Waals surface area contributed by atoms with Crippen molar-refractivity contribution in [3.63, 3.8) is 0 Å². The first-order valence-electron chi connectivity index (χ1n) is 14.1. The van der Waals surface area contributed by atoms with E-state index in [2.05, 4.69) is 10.2 Å². The second-order valence-corrected chi connectivity index (χ2v) is 10.3. The van der Waals surface area contributed by atoms with Crippen LogP contribution in [0.1, 0.15) is 57.6 Å². The van der Waals surface area contributed by atoms with E-state index in [0.29, 0.717) is 54.5 Å². The number of hydrogen-bond acceptors (Lipinski definition) is 7. The number of carbonyl (C=O) groups excluding carboxylic acids is 3. The van der Waals surface area contributed by atoms with E-state index in [4.69, 9.17) is 14.2 Å². The first kappa shape index (κ1) is 28.7. The number of nitrogens with zero attached hydrogens (tertiary/aromatic N) is 3. The van der Waals surface area contributed by atoms with Gasteiger partial charge in [0, 0.05) is 62.5 Å². The topological polar surface area (TPSA) is 101 Å². The first-order valence-corrected chi connectivity index (χ1v) is 14.1. The van der Waals surface area contributed by atoms with Gasteiger partial charge >= 0.3 is 12.0 Å². The van der Waals surface area contributed by atoms with Crippen molar-refractivity contribution in [2.45, 2.75) is 52.0 Å². The Morgan fingerprint density at radius 2 is 1.77 bits per heavy atom. The van der Waals surface area contributed by atoms with Crippen LogP contribution in [0.4, 0.5) is 4.79 Å². The summed E-state index contributed by atoms with van der Waals surface area (Å²) in [6.07, 6.45) is 5.10. The fourth-order valence-corrected chi connectivity index (χ4v) is 5.94. The monoisotopic (exact) mass is 542 g/mol. The molecule has 0 radical (unpaired) electrons. The van der Waals surface area contributed by atoms with E-state index in [1.54, 1.807) is 44.2 Å². The van der Waals surface area contributed by atoms with E-state index >= 15 is 0 Å². The van der Waals surface area contributed by atoms with Gasteiger partial charge in [0.25, 0.3) is 0 Å². The maximum Gasteiger partial charge on any atom is 0.338 e. The average Bonchev–Trinajstić information content (AvgIpc) is 3.39. The Bertz CT molecular complexity index is 1080. The number of rotatable bonds is 9. The Kier molecular flexibility index (Phi) is 9.72. The number of esters is 1. The van der Waals surface area contributed by atoms with Gasteiger partial charge in [0.15, 0.2) is 0 Å². The zero-order valence-corrected chi connectivity index (χ0v) is 23.7. The smallest absolute Gasteiger partial charge is 0.338 e. The van der Waals surface area contributed by atoms with Crippen molar-refractivity contribution < 1.29 is 28.6 Å². The lowest BCUT2D eigenvalue weighted by Crippen LogP contribution is -2.51. The molecular formula is C29H42N4O6. The van der Waals surface area contributed by atoms with Crippen LogP contribution in [0.15, 0.2) is 29.5 Å². The molecule has 0 spiro atoms. The summed E-state index contributed by atoms with van der Waals surface area (Å²) in [6.45, 7) is 7.49. The number of methoxy groups -OCH3 is 2. The third-order valence-corrected chi connectivity index (χ3v) is 7.98. The standard InChI is InChI=1S/C29H42N4O6/c1-5-33-23(19-31-14-9-15-32(17-16-31)27(34)20-10-7-8-11-20)25(28(35)39-6-2)26(30-29(33)36)22-13-12-21(37-3)18-24(22)38-4/h12-13,18,20,26H,5-11,14-17,19H2,1-4H3,(H,30,36). The summed E-state index contributed by atoms with van der Waals surface area (Å²) < 4.78 is 16.5. The lowest BCUT2D eigenvalue weighted by Gasteiger charge is -2.38. The molecule has 1 atom stereocenters. The highest BCUT2D eigenvalue weighted by Crippen LogP contribution is 2.38. The molecule has 3 aliphatic rings. The molecule has 1 aliphatic carbocycles. The summed E-state index contributed by atoms with van der Waals surface area (Å²) >= 11 is 0. The van der Waals surface area contributed by atoms with Crippen LogP contribution >= 0.6 is 0 Å². The number of amides is 3. The third kappa shape index (κ3) is 6.32. The number of urea groups is 1. The van der Waals surface area contributed by atoms with Gasteiger partial charge in [0.1, 0.15) is 11.5 Å². The molecule has 3 amide bonds. The highest BCUT2D eigenvalue weighted by atomic mass is 16.5. The molecule has 1 N–H and O–H groups in total. The molecule has 4 rings (SSSR count). The van der Waals surface area contributed by atoms with Gasteiger partial charge in [0.2, 0.25) is 5.91 Å². The molecule has 1 aromatic carbocycles. The van der Waals surface area contributed by atoms with Crippen molar-refractivity contribution in [3.8, 4) is 11.5 Å². The number of ether oxygens (including phenoxy) is 3. The number of carbonyl (C=O) groups is 3. The first-order chi connectivity index (χ1) is 18.9. The molecule has 39 heavy (non-hydrogen) atoms. The van der Waals surface area contributed by atoms with Crippen LogP contribution in [0.3, 0.4) is 0 Å². The summed E-state index contributed by atoms with van der Waals surface area (Å²) in [5, 5.41) is 3.00. The van der Waals surface area contributed by atoms with E-state index < -0.39 is 12.0 Å². The summed E-state index contributed by atoms with van der Waals surface area (Å²) in [5.41, 5.74) is 1.66. The van der Waals surface area contributed by atoms with Crippen molar-refractivity contribution in [2.24, 2.45) is 5.92 Å². The number of likely N-dealkylation sites (N-methyl/N-ethyl adjacent to an activating group) is 1. The molecule has 10 nitrogen and oxygen atoms in total. The molecule has 1 unspecified atom stereocenters. The van der Waals surface area contributed by atoms with E-state index in [0.717, 1.165) is 45.2 Å². The van der Waals surface area contributed by atoms with Crippen LogP contribution in [0.5, 0.6) is 11.5 Å². The summed E-state index contributed by atoms with van der Waals surface area (Å²) in [6, 6.07) is 4.29. The Morgan fingerprint density at radius 1 is 1.00 bits per heavy atom. The van der Waals surface area contributed by atoms with Crippen molar-refractivity contribution >= 4 is 17.9 Å². The van der Waals surface area contributed by atoms with Crippen molar-refractivity contribution in [1.82, 2.24) is 20.0 Å².